The van der Waals surface area contributed by atoms with E-state index < -0.39 is 0 Å². The van der Waals surface area contributed by atoms with E-state index in [1.54, 1.807) is 11.3 Å². The molecular formula is C11H16N2S. The minimum atomic E-state index is 0.693. The number of hydrogen-bond acceptors (Lipinski definition) is 3. The van der Waals surface area contributed by atoms with Crippen LogP contribution in [0.25, 0.3) is 0 Å². The SMILES string of the molecule is Cc1nc(C2CC3CCC2C3)c(N)s1. The molecule has 1 heterocycles. The molecule has 3 atom stereocenters. The third kappa shape index (κ3) is 1.18. The lowest BCUT2D eigenvalue weighted by Crippen LogP contribution is -2.10. The maximum absolute atomic E-state index is 6.01. The van der Waals surface area contributed by atoms with Crippen LogP contribution in [-0.2, 0) is 0 Å². The van der Waals surface area contributed by atoms with Gasteiger partial charge in [-0.15, -0.1) is 11.3 Å². The normalized spacial score (nSPS) is 35.4. The highest BCUT2D eigenvalue weighted by Gasteiger charge is 2.41. The largest absolute Gasteiger partial charge is 0.389 e. The van der Waals surface area contributed by atoms with Gasteiger partial charge in [0.25, 0.3) is 0 Å². The number of rotatable bonds is 1. The molecule has 2 nitrogen and oxygen atoms in total. The average Bonchev–Trinajstić information content (AvgIpc) is 2.79. The van der Waals surface area contributed by atoms with Gasteiger partial charge in [-0.05, 0) is 38.0 Å². The van der Waals surface area contributed by atoms with Gasteiger partial charge in [0.15, 0.2) is 0 Å². The van der Waals surface area contributed by atoms with Crippen molar-refractivity contribution in [3.63, 3.8) is 0 Å². The van der Waals surface area contributed by atoms with Crippen LogP contribution in [0.3, 0.4) is 0 Å². The third-order valence-corrected chi connectivity index (χ3v) is 4.69. The van der Waals surface area contributed by atoms with Crippen molar-refractivity contribution < 1.29 is 0 Å². The summed E-state index contributed by atoms with van der Waals surface area (Å²) in [4.78, 5) is 4.60. The van der Waals surface area contributed by atoms with Crippen molar-refractivity contribution >= 4 is 16.3 Å². The van der Waals surface area contributed by atoms with E-state index in [1.807, 2.05) is 0 Å². The van der Waals surface area contributed by atoms with Gasteiger partial charge in [0.05, 0.1) is 10.7 Å². The quantitative estimate of drug-likeness (QED) is 0.770. The fraction of sp³-hybridized carbons (Fsp3) is 0.727. The topological polar surface area (TPSA) is 38.9 Å². The first-order valence-corrected chi connectivity index (χ1v) is 6.28. The molecule has 1 aromatic heterocycles. The number of anilines is 1. The Bertz CT molecular complexity index is 358. The van der Waals surface area contributed by atoms with Crippen molar-refractivity contribution in [3.05, 3.63) is 10.7 Å². The summed E-state index contributed by atoms with van der Waals surface area (Å²) in [6, 6.07) is 0. The van der Waals surface area contributed by atoms with E-state index in [1.165, 1.54) is 31.4 Å². The van der Waals surface area contributed by atoms with Gasteiger partial charge in [0.1, 0.15) is 5.00 Å². The van der Waals surface area contributed by atoms with E-state index in [-0.39, 0.29) is 0 Å². The predicted molar refractivity (Wildman–Crippen MR) is 59.5 cm³/mol. The monoisotopic (exact) mass is 208 g/mol. The number of aryl methyl sites for hydroxylation is 1. The number of fused-ring (bicyclic) bond motifs is 2. The van der Waals surface area contributed by atoms with Gasteiger partial charge in [-0.2, -0.15) is 0 Å². The van der Waals surface area contributed by atoms with Crippen LogP contribution in [0, 0.1) is 18.8 Å². The van der Waals surface area contributed by atoms with Gasteiger partial charge in [0, 0.05) is 5.92 Å². The van der Waals surface area contributed by atoms with E-state index in [9.17, 15) is 0 Å². The molecule has 2 fully saturated rings. The van der Waals surface area contributed by atoms with Crippen molar-refractivity contribution in [2.75, 3.05) is 5.73 Å². The van der Waals surface area contributed by atoms with Gasteiger partial charge in [0.2, 0.25) is 0 Å². The Balaban J connectivity index is 1.92. The Morgan fingerprint density at radius 2 is 2.21 bits per heavy atom. The summed E-state index contributed by atoms with van der Waals surface area (Å²) in [5.74, 6) is 2.56. The summed E-state index contributed by atoms with van der Waals surface area (Å²) in [7, 11) is 0. The van der Waals surface area contributed by atoms with Crippen molar-refractivity contribution in [2.45, 2.75) is 38.5 Å². The summed E-state index contributed by atoms with van der Waals surface area (Å²) in [6.07, 6.45) is 5.63. The smallest absolute Gasteiger partial charge is 0.110 e. The van der Waals surface area contributed by atoms with Crippen LogP contribution in [0.5, 0.6) is 0 Å². The van der Waals surface area contributed by atoms with Gasteiger partial charge >= 0.3 is 0 Å². The molecule has 0 aliphatic heterocycles. The first kappa shape index (κ1) is 8.72. The standard InChI is InChI=1S/C11H16N2S/c1-6-13-10(11(12)14-6)9-5-7-2-3-8(9)4-7/h7-9H,2-5,12H2,1H3. The van der Waals surface area contributed by atoms with E-state index >= 15 is 0 Å². The second-order valence-electron chi connectivity index (χ2n) is 4.76. The highest BCUT2D eigenvalue weighted by Crippen LogP contribution is 2.53. The molecule has 2 aliphatic carbocycles. The maximum Gasteiger partial charge on any atom is 0.110 e. The highest BCUT2D eigenvalue weighted by molar-refractivity contribution is 7.15. The molecule has 0 radical (unpaired) electrons. The van der Waals surface area contributed by atoms with Crippen molar-refractivity contribution in [1.29, 1.82) is 0 Å². The van der Waals surface area contributed by atoms with Crippen molar-refractivity contribution in [3.8, 4) is 0 Å². The maximum atomic E-state index is 6.01. The molecule has 1 aromatic rings. The first-order chi connectivity index (χ1) is 6.74. The van der Waals surface area contributed by atoms with Gasteiger partial charge in [-0.1, -0.05) is 6.42 Å². The van der Waals surface area contributed by atoms with E-state index in [2.05, 4.69) is 11.9 Å². The van der Waals surface area contributed by atoms with Crippen molar-refractivity contribution in [1.82, 2.24) is 4.98 Å². The van der Waals surface area contributed by atoms with Crippen LogP contribution >= 0.6 is 11.3 Å². The molecule has 14 heavy (non-hydrogen) atoms. The molecule has 3 unspecified atom stereocenters. The van der Waals surface area contributed by atoms with Gasteiger partial charge < -0.3 is 5.73 Å². The van der Waals surface area contributed by atoms with E-state index in [0.29, 0.717) is 5.92 Å². The molecule has 0 spiro atoms. The molecular weight excluding hydrogens is 192 g/mol. The molecule has 2 N–H and O–H groups in total. The third-order valence-electron chi connectivity index (χ3n) is 3.88. The first-order valence-electron chi connectivity index (χ1n) is 5.47. The second kappa shape index (κ2) is 2.96. The Kier molecular flexibility index (Phi) is 1.84. The van der Waals surface area contributed by atoms with Crippen LogP contribution < -0.4 is 5.73 Å². The number of nitrogens with two attached hydrogens (primary N) is 1. The minimum Gasteiger partial charge on any atom is -0.389 e. The lowest BCUT2D eigenvalue weighted by molar-refractivity contribution is 0.415. The molecule has 3 heteroatoms. The summed E-state index contributed by atoms with van der Waals surface area (Å²) >= 11 is 1.65. The van der Waals surface area contributed by atoms with Crippen molar-refractivity contribution in [2.24, 2.45) is 11.8 Å². The zero-order valence-corrected chi connectivity index (χ0v) is 9.31. The number of thiazole rings is 1. The van der Waals surface area contributed by atoms with E-state index in [4.69, 9.17) is 5.73 Å². The lowest BCUT2D eigenvalue weighted by atomic mass is 9.86. The number of aromatic nitrogens is 1. The molecule has 2 aliphatic rings. The summed E-state index contributed by atoms with van der Waals surface area (Å²) in [5.41, 5.74) is 7.23. The summed E-state index contributed by atoms with van der Waals surface area (Å²) in [5, 5.41) is 2.10. The van der Waals surface area contributed by atoms with Crippen LogP contribution in [-0.4, -0.2) is 4.98 Å². The molecule has 2 bridgehead atoms. The minimum absolute atomic E-state index is 0.693. The zero-order chi connectivity index (χ0) is 9.71. The Morgan fingerprint density at radius 3 is 2.71 bits per heavy atom. The lowest BCUT2D eigenvalue weighted by Gasteiger charge is -2.20. The van der Waals surface area contributed by atoms with Crippen LogP contribution in [0.4, 0.5) is 5.00 Å². The summed E-state index contributed by atoms with van der Waals surface area (Å²) in [6.45, 7) is 2.05. The molecule has 0 amide bonds. The highest BCUT2D eigenvalue weighted by atomic mass is 32.1. The van der Waals surface area contributed by atoms with Gasteiger partial charge in [-0.25, -0.2) is 4.98 Å². The molecule has 2 saturated carbocycles. The molecule has 0 aromatic carbocycles. The Morgan fingerprint density at radius 1 is 1.36 bits per heavy atom. The van der Waals surface area contributed by atoms with Crippen LogP contribution in [0.2, 0.25) is 0 Å². The number of nitrogens with zero attached hydrogens (tertiary/aromatic N) is 1. The van der Waals surface area contributed by atoms with Gasteiger partial charge in [-0.3, -0.25) is 0 Å². The average molecular weight is 208 g/mol. The molecule has 0 saturated heterocycles. The van der Waals surface area contributed by atoms with Crippen LogP contribution in [0.1, 0.15) is 42.3 Å². The number of hydrogen-bond donors (Lipinski definition) is 1. The fourth-order valence-electron chi connectivity index (χ4n) is 3.30. The molecule has 76 valence electrons. The summed E-state index contributed by atoms with van der Waals surface area (Å²) < 4.78 is 0. The Hall–Kier alpha value is -0.570. The Labute approximate surface area is 88.5 Å². The molecule has 3 rings (SSSR count). The van der Waals surface area contributed by atoms with E-state index in [0.717, 1.165) is 21.8 Å². The zero-order valence-electron chi connectivity index (χ0n) is 8.49. The second-order valence-corrected chi connectivity index (χ2v) is 6.00. The van der Waals surface area contributed by atoms with Crippen LogP contribution in [0.15, 0.2) is 0 Å². The fourth-order valence-corrected chi connectivity index (χ4v) is 4.07. The predicted octanol–water partition coefficient (Wildman–Crippen LogP) is 2.94. The number of nitrogen functional groups attached to an aromatic ring is 1.